The van der Waals surface area contributed by atoms with E-state index in [0.29, 0.717) is 12.4 Å². The first-order valence-electron chi connectivity index (χ1n) is 12.9. The summed E-state index contributed by atoms with van der Waals surface area (Å²) in [6.45, 7) is 22.6. The van der Waals surface area contributed by atoms with Crippen molar-refractivity contribution in [1.82, 2.24) is 19.9 Å². The molecule has 2 aliphatic rings. The first-order chi connectivity index (χ1) is 16.7. The van der Waals surface area contributed by atoms with E-state index in [1.165, 1.54) is 0 Å². The van der Waals surface area contributed by atoms with Gasteiger partial charge in [0.2, 0.25) is 5.95 Å². The number of aromatic nitrogens is 4. The molecule has 36 heavy (non-hydrogen) atoms. The monoisotopic (exact) mass is 513 g/mol. The van der Waals surface area contributed by atoms with Gasteiger partial charge in [-0.15, -0.1) is 0 Å². The first kappa shape index (κ1) is 26.8. The van der Waals surface area contributed by atoms with Crippen molar-refractivity contribution in [3.05, 3.63) is 23.8 Å². The highest BCUT2D eigenvalue weighted by molar-refractivity contribution is 6.74. The van der Waals surface area contributed by atoms with Crippen molar-refractivity contribution in [3.63, 3.8) is 0 Å². The number of hydrogen-bond acceptors (Lipinski definition) is 9. The van der Waals surface area contributed by atoms with Gasteiger partial charge in [-0.25, -0.2) is 19.9 Å². The first-order valence-corrected chi connectivity index (χ1v) is 15.9. The summed E-state index contributed by atoms with van der Waals surface area (Å²) in [4.78, 5) is 23.8. The summed E-state index contributed by atoms with van der Waals surface area (Å²) in [6.07, 6.45) is 4.13. The molecule has 2 aromatic rings. The molecule has 2 atom stereocenters. The topological polar surface area (TPSA) is 88.5 Å². The van der Waals surface area contributed by atoms with E-state index in [2.05, 4.69) is 76.7 Å². The second-order valence-corrected chi connectivity index (χ2v) is 17.2. The molecule has 0 aromatic carbocycles. The number of morpholine rings is 1. The minimum absolute atomic E-state index is 0.124. The lowest BCUT2D eigenvalue weighted by Crippen LogP contribution is -2.46. The zero-order chi connectivity index (χ0) is 26.5. The lowest BCUT2D eigenvalue weighted by Gasteiger charge is -2.36. The number of ether oxygens (including phenoxy) is 1. The van der Waals surface area contributed by atoms with E-state index in [0.717, 1.165) is 48.5 Å². The predicted molar refractivity (Wildman–Crippen MR) is 148 cm³/mol. The zero-order valence-electron chi connectivity index (χ0n) is 23.6. The Hall–Kier alpha value is -2.30. The largest absolute Gasteiger partial charge is 0.409 e. The summed E-state index contributed by atoms with van der Waals surface area (Å²) in [6, 6.07) is 0. The van der Waals surface area contributed by atoms with Gasteiger partial charge >= 0.3 is 0 Å². The van der Waals surface area contributed by atoms with Gasteiger partial charge in [-0.05, 0) is 32.0 Å². The molecule has 1 saturated heterocycles. The van der Waals surface area contributed by atoms with Crippen LogP contribution in [0.15, 0.2) is 12.4 Å². The van der Waals surface area contributed by atoms with Gasteiger partial charge in [-0.3, -0.25) is 0 Å². The smallest absolute Gasteiger partial charge is 0.225 e. The number of hydrogen-bond donors (Lipinski definition) is 1. The Labute approximate surface area is 217 Å². The Morgan fingerprint density at radius 1 is 1.11 bits per heavy atom. The lowest BCUT2D eigenvalue weighted by molar-refractivity contribution is -0.00571. The molecule has 2 aromatic heterocycles. The molecule has 2 aliphatic heterocycles. The van der Waals surface area contributed by atoms with Crippen LogP contribution in [-0.2, 0) is 21.2 Å². The van der Waals surface area contributed by atoms with Crippen LogP contribution in [0.25, 0.3) is 0 Å². The van der Waals surface area contributed by atoms with Crippen molar-refractivity contribution in [1.29, 1.82) is 0 Å². The van der Waals surface area contributed by atoms with Crippen molar-refractivity contribution >= 4 is 31.6 Å². The summed E-state index contributed by atoms with van der Waals surface area (Å²) in [5.41, 5.74) is 1.90. The molecule has 1 N–H and O–H groups in total. The summed E-state index contributed by atoms with van der Waals surface area (Å²) in [7, 11) is -0.0118. The van der Waals surface area contributed by atoms with Crippen LogP contribution in [0, 0.1) is 0 Å². The minimum Gasteiger partial charge on any atom is -0.409 e. The van der Waals surface area contributed by atoms with Gasteiger partial charge in [0.25, 0.3) is 0 Å². The third kappa shape index (κ3) is 5.21. The van der Waals surface area contributed by atoms with Crippen LogP contribution >= 0.6 is 0 Å². The zero-order valence-corrected chi connectivity index (χ0v) is 24.6. The number of rotatable bonds is 6. The van der Waals surface area contributed by atoms with Gasteiger partial charge in [-0.2, -0.15) is 0 Å². The molecule has 4 heterocycles. The van der Waals surface area contributed by atoms with Crippen molar-refractivity contribution in [2.45, 2.75) is 90.8 Å². The lowest BCUT2D eigenvalue weighted by atomic mass is 9.88. The van der Waals surface area contributed by atoms with Crippen molar-refractivity contribution < 1.29 is 9.16 Å². The van der Waals surface area contributed by atoms with Crippen LogP contribution in [0.4, 0.5) is 23.3 Å². The van der Waals surface area contributed by atoms with E-state index in [9.17, 15) is 0 Å². The van der Waals surface area contributed by atoms with Crippen LogP contribution in [0.1, 0.15) is 59.9 Å². The molecule has 1 fully saturated rings. The third-order valence-corrected chi connectivity index (χ3v) is 12.1. The molecule has 0 radical (unpaired) electrons. The van der Waals surface area contributed by atoms with Gasteiger partial charge < -0.3 is 24.3 Å². The minimum atomic E-state index is -1.93. The molecule has 0 aliphatic carbocycles. The predicted octanol–water partition coefficient (Wildman–Crippen LogP) is 4.87. The van der Waals surface area contributed by atoms with Gasteiger partial charge in [-0.1, -0.05) is 34.6 Å². The molecule has 0 saturated carbocycles. The number of fused-ring (bicyclic) bond motifs is 1. The average Bonchev–Trinajstić information content (AvgIpc) is 3.07. The highest BCUT2D eigenvalue weighted by atomic mass is 28.4. The van der Waals surface area contributed by atoms with E-state index in [1.54, 1.807) is 0 Å². The van der Waals surface area contributed by atoms with Gasteiger partial charge in [0.15, 0.2) is 14.1 Å². The molecule has 0 amide bonds. The molecule has 0 bridgehead atoms. The van der Waals surface area contributed by atoms with Crippen LogP contribution in [0.3, 0.4) is 0 Å². The Bertz CT molecular complexity index is 1070. The van der Waals surface area contributed by atoms with Gasteiger partial charge in [0, 0.05) is 37.7 Å². The van der Waals surface area contributed by atoms with Gasteiger partial charge in [0.05, 0.1) is 36.9 Å². The second kappa shape index (κ2) is 9.53. The summed E-state index contributed by atoms with van der Waals surface area (Å²) >= 11 is 0. The molecule has 0 spiro atoms. The second-order valence-electron chi connectivity index (χ2n) is 12.4. The van der Waals surface area contributed by atoms with Crippen molar-refractivity contribution in [3.8, 4) is 0 Å². The SMILES string of the molecule is CNc1nc(CO[Si](C)(C)C(C)(C)C)nc2c1C(C)(C)CN2c1cnc(N2C[C@@H](C)O[C@@H](C)C2)nc1. The highest BCUT2D eigenvalue weighted by Crippen LogP contribution is 2.46. The quantitative estimate of drug-likeness (QED) is 0.543. The maximum absolute atomic E-state index is 6.46. The van der Waals surface area contributed by atoms with Crippen LogP contribution in [0.5, 0.6) is 0 Å². The summed E-state index contributed by atoms with van der Waals surface area (Å²) in [5.74, 6) is 3.19. The van der Waals surface area contributed by atoms with E-state index in [4.69, 9.17) is 29.1 Å². The summed E-state index contributed by atoms with van der Waals surface area (Å²) in [5, 5.41) is 3.44. The Balaban J connectivity index is 1.64. The van der Waals surface area contributed by atoms with E-state index < -0.39 is 8.32 Å². The average molecular weight is 514 g/mol. The maximum Gasteiger partial charge on any atom is 0.225 e. The molecule has 4 rings (SSSR count). The van der Waals surface area contributed by atoms with Crippen LogP contribution in [0.2, 0.25) is 18.1 Å². The Morgan fingerprint density at radius 3 is 2.28 bits per heavy atom. The number of nitrogens with zero attached hydrogens (tertiary/aromatic N) is 6. The molecule has 10 heteroatoms. The molecule has 198 valence electrons. The summed E-state index contributed by atoms with van der Waals surface area (Å²) < 4.78 is 12.3. The Kier molecular flexibility index (Phi) is 7.09. The Morgan fingerprint density at radius 2 is 1.72 bits per heavy atom. The fourth-order valence-corrected chi connectivity index (χ4v) is 5.66. The molecular formula is C26H43N7O2Si. The van der Waals surface area contributed by atoms with Crippen LogP contribution in [-0.4, -0.2) is 67.1 Å². The van der Waals surface area contributed by atoms with Gasteiger partial charge in [0.1, 0.15) is 11.6 Å². The van der Waals surface area contributed by atoms with Crippen molar-refractivity contribution in [2.75, 3.05) is 41.8 Å². The van der Waals surface area contributed by atoms with E-state index in [-0.39, 0.29) is 22.7 Å². The highest BCUT2D eigenvalue weighted by Gasteiger charge is 2.41. The fourth-order valence-electron chi connectivity index (χ4n) is 4.74. The number of anilines is 4. The third-order valence-electron chi connectivity index (χ3n) is 7.67. The van der Waals surface area contributed by atoms with Crippen LogP contribution < -0.4 is 15.1 Å². The molecule has 0 unspecified atom stereocenters. The normalized spacial score (nSPS) is 22.1. The fraction of sp³-hybridized carbons (Fsp3) is 0.692. The van der Waals surface area contributed by atoms with E-state index in [1.807, 2.05) is 19.4 Å². The number of nitrogens with one attached hydrogen (secondary N) is 1. The van der Waals surface area contributed by atoms with Crippen molar-refractivity contribution in [2.24, 2.45) is 0 Å². The maximum atomic E-state index is 6.46. The molecular weight excluding hydrogens is 470 g/mol. The molecule has 9 nitrogen and oxygen atoms in total. The standard InChI is InChI=1S/C26H43N7O2Si/c1-17-13-32(14-18(2)35-17)24-28-11-19(12-29-24)33-16-26(6,7)21-22(27-8)30-20(31-23(21)33)15-34-36(9,10)25(3,4)5/h11-12,17-18H,13-16H2,1-10H3,(H,27,30,31)/t17-,18+. The van der Waals surface area contributed by atoms with E-state index >= 15 is 0 Å².